The molecule has 1 N–H and O–H groups in total. The van der Waals surface area contributed by atoms with Crippen LogP contribution in [0.1, 0.15) is 18.7 Å². The summed E-state index contributed by atoms with van der Waals surface area (Å²) in [7, 11) is 1.90. The second kappa shape index (κ2) is 6.50. The molecule has 1 aromatic rings. The smallest absolute Gasteiger partial charge is 0.218 e. The average Bonchev–Trinajstić information content (AvgIpc) is 2.63. The first-order chi connectivity index (χ1) is 6.86. The highest BCUT2D eigenvalue weighted by atomic mass is 16.5. The minimum atomic E-state index is 0.643. The van der Waals surface area contributed by atoms with Gasteiger partial charge < -0.3 is 14.5 Å². The van der Waals surface area contributed by atoms with Gasteiger partial charge in [-0.1, -0.05) is 0 Å². The third-order valence-electron chi connectivity index (χ3n) is 1.76. The molecule has 0 saturated heterocycles. The number of hydrogen-bond acceptors (Lipinski definition) is 5. The van der Waals surface area contributed by atoms with E-state index >= 15 is 0 Å². The van der Waals surface area contributed by atoms with Crippen LogP contribution in [0, 0.1) is 0 Å². The van der Waals surface area contributed by atoms with E-state index < -0.39 is 0 Å². The van der Waals surface area contributed by atoms with Gasteiger partial charge in [-0.25, -0.2) is 0 Å². The minimum Gasteiger partial charge on any atom is -0.425 e. The van der Waals surface area contributed by atoms with Crippen LogP contribution in [-0.2, 0) is 17.6 Å². The highest BCUT2D eigenvalue weighted by molar-refractivity contribution is 4.82. The van der Waals surface area contributed by atoms with Crippen LogP contribution in [0.3, 0.4) is 0 Å². The highest BCUT2D eigenvalue weighted by Gasteiger charge is 2.04. The van der Waals surface area contributed by atoms with Gasteiger partial charge in [0.15, 0.2) is 0 Å². The van der Waals surface area contributed by atoms with Crippen molar-refractivity contribution < 1.29 is 9.15 Å². The summed E-state index contributed by atoms with van der Waals surface area (Å²) in [6.45, 7) is 4.18. The number of nitrogens with one attached hydrogen (secondary N) is 1. The summed E-state index contributed by atoms with van der Waals surface area (Å²) < 4.78 is 10.6. The van der Waals surface area contributed by atoms with Crippen molar-refractivity contribution in [3.8, 4) is 0 Å². The highest BCUT2D eigenvalue weighted by Crippen LogP contribution is 2.01. The lowest BCUT2D eigenvalue weighted by atomic mass is 10.4. The predicted molar refractivity (Wildman–Crippen MR) is 52.1 cm³/mol. The van der Waals surface area contributed by atoms with Gasteiger partial charge in [0.2, 0.25) is 11.8 Å². The molecule has 0 aromatic carbocycles. The zero-order valence-corrected chi connectivity index (χ0v) is 8.75. The van der Waals surface area contributed by atoms with Crippen molar-refractivity contribution in [2.75, 3.05) is 26.8 Å². The van der Waals surface area contributed by atoms with Gasteiger partial charge in [-0.2, -0.15) is 0 Å². The molecule has 1 heterocycles. The molecule has 0 atom stereocenters. The molecule has 80 valence electrons. The quantitative estimate of drug-likeness (QED) is 0.644. The number of ether oxygens (including phenoxy) is 1. The molecule has 14 heavy (non-hydrogen) atoms. The van der Waals surface area contributed by atoms with Gasteiger partial charge in [-0.15, -0.1) is 10.2 Å². The fraction of sp³-hybridized carbons (Fsp3) is 0.778. The third-order valence-corrected chi connectivity index (χ3v) is 1.76. The monoisotopic (exact) mass is 199 g/mol. The lowest BCUT2D eigenvalue weighted by Gasteiger charge is -1.95. The van der Waals surface area contributed by atoms with Crippen molar-refractivity contribution in [3.63, 3.8) is 0 Å². The van der Waals surface area contributed by atoms with Gasteiger partial charge in [-0.3, -0.25) is 0 Å². The van der Waals surface area contributed by atoms with E-state index in [2.05, 4.69) is 15.5 Å². The first-order valence-electron chi connectivity index (χ1n) is 4.90. The van der Waals surface area contributed by atoms with Crippen molar-refractivity contribution in [1.82, 2.24) is 15.5 Å². The largest absolute Gasteiger partial charge is 0.425 e. The Morgan fingerprint density at radius 3 is 2.64 bits per heavy atom. The van der Waals surface area contributed by atoms with E-state index in [9.17, 15) is 0 Å². The molecule has 5 nitrogen and oxygen atoms in total. The standard InChI is InChI=1S/C9H17N3O2/c1-3-13-7-5-9-12-11-8(14-9)4-6-10-2/h10H,3-7H2,1-2H3. The summed E-state index contributed by atoms with van der Waals surface area (Å²) >= 11 is 0. The van der Waals surface area contributed by atoms with Crippen molar-refractivity contribution >= 4 is 0 Å². The lowest BCUT2D eigenvalue weighted by Crippen LogP contribution is -2.10. The van der Waals surface area contributed by atoms with Crippen molar-refractivity contribution in [2.45, 2.75) is 19.8 Å². The SMILES string of the molecule is CCOCCc1nnc(CCNC)o1. The van der Waals surface area contributed by atoms with Crippen LogP contribution in [-0.4, -0.2) is 37.0 Å². The lowest BCUT2D eigenvalue weighted by molar-refractivity contribution is 0.145. The topological polar surface area (TPSA) is 60.2 Å². The molecule has 0 unspecified atom stereocenters. The Bertz CT molecular complexity index is 250. The van der Waals surface area contributed by atoms with Gasteiger partial charge >= 0.3 is 0 Å². The Labute approximate surface area is 83.9 Å². The first-order valence-corrected chi connectivity index (χ1v) is 4.90. The normalized spacial score (nSPS) is 10.7. The zero-order valence-electron chi connectivity index (χ0n) is 8.75. The van der Waals surface area contributed by atoms with E-state index in [1.165, 1.54) is 0 Å². The maximum Gasteiger partial charge on any atom is 0.218 e. The van der Waals surface area contributed by atoms with Gasteiger partial charge in [0, 0.05) is 26.0 Å². The average molecular weight is 199 g/mol. The number of nitrogens with zero attached hydrogens (tertiary/aromatic N) is 2. The fourth-order valence-electron chi connectivity index (χ4n) is 1.03. The molecule has 0 aliphatic heterocycles. The molecule has 0 spiro atoms. The fourth-order valence-corrected chi connectivity index (χ4v) is 1.03. The van der Waals surface area contributed by atoms with Crippen LogP contribution in [0.25, 0.3) is 0 Å². The molecular weight excluding hydrogens is 182 g/mol. The van der Waals surface area contributed by atoms with Crippen LogP contribution in [0.5, 0.6) is 0 Å². The Morgan fingerprint density at radius 2 is 2.00 bits per heavy atom. The Hall–Kier alpha value is -0.940. The van der Waals surface area contributed by atoms with Crippen molar-refractivity contribution in [1.29, 1.82) is 0 Å². The van der Waals surface area contributed by atoms with E-state index in [-0.39, 0.29) is 0 Å². The Balaban J connectivity index is 2.27. The third kappa shape index (κ3) is 3.85. The van der Waals surface area contributed by atoms with E-state index in [0.717, 1.165) is 19.6 Å². The van der Waals surface area contributed by atoms with Gasteiger partial charge in [-0.05, 0) is 14.0 Å². The molecule has 5 heteroatoms. The molecule has 1 aromatic heterocycles. The maximum absolute atomic E-state index is 5.39. The Morgan fingerprint density at radius 1 is 1.29 bits per heavy atom. The van der Waals surface area contributed by atoms with Gasteiger partial charge in [0.05, 0.1) is 6.61 Å². The number of hydrogen-bond donors (Lipinski definition) is 1. The zero-order chi connectivity index (χ0) is 10.2. The second-order valence-electron chi connectivity index (χ2n) is 2.89. The first kappa shape index (κ1) is 11.1. The van der Waals surface area contributed by atoms with E-state index in [0.29, 0.717) is 24.8 Å². The number of likely N-dealkylation sites (N-methyl/N-ethyl adjacent to an activating group) is 1. The maximum atomic E-state index is 5.39. The summed E-state index contributed by atoms with van der Waals surface area (Å²) in [5, 5.41) is 10.9. The molecule has 1 rings (SSSR count). The van der Waals surface area contributed by atoms with Crippen LogP contribution in [0.4, 0.5) is 0 Å². The Kier molecular flexibility index (Phi) is 5.17. The molecule has 0 amide bonds. The van der Waals surface area contributed by atoms with E-state index in [1.807, 2.05) is 14.0 Å². The molecule has 0 aliphatic carbocycles. The number of aromatic nitrogens is 2. The van der Waals surface area contributed by atoms with Crippen molar-refractivity contribution in [2.24, 2.45) is 0 Å². The molecule has 0 bridgehead atoms. The minimum absolute atomic E-state index is 0.643. The molecular formula is C9H17N3O2. The van der Waals surface area contributed by atoms with E-state index in [4.69, 9.17) is 9.15 Å². The van der Waals surface area contributed by atoms with Gasteiger partial charge in [0.1, 0.15) is 0 Å². The predicted octanol–water partition coefficient (Wildman–Crippen LogP) is 0.410. The molecule has 0 aliphatic rings. The summed E-state index contributed by atoms with van der Waals surface area (Å²) in [5.41, 5.74) is 0. The van der Waals surface area contributed by atoms with Crippen LogP contribution in [0.2, 0.25) is 0 Å². The van der Waals surface area contributed by atoms with Crippen LogP contribution in [0.15, 0.2) is 4.42 Å². The van der Waals surface area contributed by atoms with Crippen LogP contribution >= 0.6 is 0 Å². The second-order valence-corrected chi connectivity index (χ2v) is 2.89. The van der Waals surface area contributed by atoms with E-state index in [1.54, 1.807) is 0 Å². The molecule has 0 radical (unpaired) electrons. The summed E-state index contributed by atoms with van der Waals surface area (Å²) in [5.74, 6) is 1.34. The van der Waals surface area contributed by atoms with Gasteiger partial charge in [0.25, 0.3) is 0 Å². The molecule has 0 fully saturated rings. The summed E-state index contributed by atoms with van der Waals surface area (Å²) in [6, 6.07) is 0. The van der Waals surface area contributed by atoms with Crippen molar-refractivity contribution in [3.05, 3.63) is 11.8 Å². The molecule has 0 saturated carbocycles. The summed E-state index contributed by atoms with van der Waals surface area (Å²) in [6.07, 6.45) is 1.47. The van der Waals surface area contributed by atoms with Crippen LogP contribution < -0.4 is 5.32 Å². The summed E-state index contributed by atoms with van der Waals surface area (Å²) in [4.78, 5) is 0. The number of rotatable bonds is 7.